The third-order valence-corrected chi connectivity index (χ3v) is 4.02. The number of para-hydroxylation sites is 1. The lowest BCUT2D eigenvalue weighted by Gasteiger charge is -2.22. The maximum absolute atomic E-state index is 12.3. The zero-order chi connectivity index (χ0) is 16.2. The van der Waals surface area contributed by atoms with Crippen molar-refractivity contribution in [2.24, 2.45) is 0 Å². The van der Waals surface area contributed by atoms with E-state index in [-0.39, 0.29) is 18.5 Å². The number of likely N-dealkylation sites (tertiary alicyclic amines) is 1. The summed E-state index contributed by atoms with van der Waals surface area (Å²) >= 11 is 0. The third kappa shape index (κ3) is 3.41. The van der Waals surface area contributed by atoms with Gasteiger partial charge in [-0.25, -0.2) is 0 Å². The van der Waals surface area contributed by atoms with Crippen LogP contribution in [-0.4, -0.2) is 29.1 Å². The van der Waals surface area contributed by atoms with Crippen molar-refractivity contribution >= 4 is 11.6 Å². The van der Waals surface area contributed by atoms with Crippen LogP contribution in [0.5, 0.6) is 0 Å². The molecule has 1 N–H and O–H groups in total. The Morgan fingerprint density at radius 3 is 3.09 bits per heavy atom. The zero-order valence-electron chi connectivity index (χ0n) is 13.0. The molecule has 1 saturated heterocycles. The Kier molecular flexibility index (Phi) is 4.40. The molecule has 0 aliphatic carbocycles. The molecule has 1 unspecified atom stereocenters. The summed E-state index contributed by atoms with van der Waals surface area (Å²) in [6.07, 6.45) is 1.99. The van der Waals surface area contributed by atoms with Crippen LogP contribution in [0.4, 0.5) is 5.69 Å². The molecule has 1 fully saturated rings. The molecule has 23 heavy (non-hydrogen) atoms. The molecule has 1 aliphatic heterocycles. The van der Waals surface area contributed by atoms with Crippen molar-refractivity contribution in [3.05, 3.63) is 47.3 Å². The first-order valence-corrected chi connectivity index (χ1v) is 7.63. The van der Waals surface area contributed by atoms with Crippen LogP contribution < -0.4 is 5.32 Å². The molecule has 1 aromatic heterocycles. The van der Waals surface area contributed by atoms with E-state index in [9.17, 15) is 4.79 Å². The van der Waals surface area contributed by atoms with Gasteiger partial charge in [-0.1, -0.05) is 17.3 Å². The van der Waals surface area contributed by atoms with E-state index in [1.54, 1.807) is 24.3 Å². The average Bonchev–Trinajstić information content (AvgIpc) is 3.16. The van der Waals surface area contributed by atoms with Gasteiger partial charge in [0.1, 0.15) is 17.5 Å². The molecule has 0 saturated carbocycles. The Morgan fingerprint density at radius 1 is 1.52 bits per heavy atom. The minimum Gasteiger partial charge on any atom is -0.361 e. The number of aryl methyl sites for hydroxylation is 1. The van der Waals surface area contributed by atoms with Crippen molar-refractivity contribution < 1.29 is 9.32 Å². The van der Waals surface area contributed by atoms with Gasteiger partial charge in [0, 0.05) is 6.07 Å². The van der Waals surface area contributed by atoms with Crippen molar-refractivity contribution in [3.63, 3.8) is 0 Å². The monoisotopic (exact) mass is 310 g/mol. The van der Waals surface area contributed by atoms with E-state index >= 15 is 0 Å². The summed E-state index contributed by atoms with van der Waals surface area (Å²) in [6, 6.07) is 11.1. The topological polar surface area (TPSA) is 82.2 Å². The van der Waals surface area contributed by atoms with Crippen LogP contribution in [0.25, 0.3) is 0 Å². The molecule has 2 heterocycles. The number of rotatable bonds is 4. The van der Waals surface area contributed by atoms with Gasteiger partial charge in [-0.15, -0.1) is 0 Å². The highest BCUT2D eigenvalue weighted by Gasteiger charge is 2.29. The first-order chi connectivity index (χ1) is 11.2. The van der Waals surface area contributed by atoms with E-state index in [2.05, 4.69) is 21.4 Å². The predicted molar refractivity (Wildman–Crippen MR) is 84.6 cm³/mol. The second-order valence-corrected chi connectivity index (χ2v) is 5.70. The number of anilines is 1. The largest absolute Gasteiger partial charge is 0.361 e. The average molecular weight is 310 g/mol. The first-order valence-electron chi connectivity index (χ1n) is 7.63. The molecule has 0 bridgehead atoms. The summed E-state index contributed by atoms with van der Waals surface area (Å²) < 4.78 is 5.14. The molecule has 6 nitrogen and oxygen atoms in total. The summed E-state index contributed by atoms with van der Waals surface area (Å²) in [7, 11) is 0. The lowest BCUT2D eigenvalue weighted by Crippen LogP contribution is -2.33. The molecule has 1 amide bonds. The lowest BCUT2D eigenvalue weighted by molar-refractivity contribution is -0.117. The van der Waals surface area contributed by atoms with Crippen molar-refractivity contribution in [1.82, 2.24) is 10.1 Å². The van der Waals surface area contributed by atoms with Gasteiger partial charge in [-0.05, 0) is 38.4 Å². The van der Waals surface area contributed by atoms with Gasteiger partial charge >= 0.3 is 0 Å². The van der Waals surface area contributed by atoms with Gasteiger partial charge in [0.2, 0.25) is 5.91 Å². The SMILES string of the molecule is Cc1cc(C2CCCN2CC(=O)Nc2ccccc2C#N)no1. The molecule has 0 spiro atoms. The highest BCUT2D eigenvalue weighted by atomic mass is 16.5. The Labute approximate surface area is 134 Å². The van der Waals surface area contributed by atoms with Crippen molar-refractivity contribution in [2.75, 3.05) is 18.4 Å². The summed E-state index contributed by atoms with van der Waals surface area (Å²) in [5.41, 5.74) is 1.89. The molecule has 118 valence electrons. The lowest BCUT2D eigenvalue weighted by atomic mass is 10.1. The number of amides is 1. The van der Waals surface area contributed by atoms with Crippen molar-refractivity contribution in [2.45, 2.75) is 25.8 Å². The van der Waals surface area contributed by atoms with E-state index in [1.165, 1.54) is 0 Å². The van der Waals surface area contributed by atoms with Gasteiger partial charge in [0.25, 0.3) is 0 Å². The van der Waals surface area contributed by atoms with E-state index in [1.807, 2.05) is 13.0 Å². The summed E-state index contributed by atoms with van der Waals surface area (Å²) in [4.78, 5) is 14.4. The summed E-state index contributed by atoms with van der Waals surface area (Å²) in [5.74, 6) is 0.652. The van der Waals surface area contributed by atoms with E-state index in [0.29, 0.717) is 11.3 Å². The highest BCUT2D eigenvalue weighted by molar-refractivity contribution is 5.93. The quantitative estimate of drug-likeness (QED) is 0.938. The number of aromatic nitrogens is 1. The van der Waals surface area contributed by atoms with Crippen LogP contribution in [0.3, 0.4) is 0 Å². The van der Waals surface area contributed by atoms with Crippen LogP contribution >= 0.6 is 0 Å². The Bertz CT molecular complexity index is 747. The van der Waals surface area contributed by atoms with Crippen LogP contribution in [0.15, 0.2) is 34.9 Å². The fourth-order valence-electron chi connectivity index (χ4n) is 2.96. The highest BCUT2D eigenvalue weighted by Crippen LogP contribution is 2.31. The minimum atomic E-state index is -0.125. The van der Waals surface area contributed by atoms with Gasteiger partial charge in [0.05, 0.1) is 23.8 Å². The Morgan fingerprint density at radius 2 is 2.35 bits per heavy atom. The number of benzene rings is 1. The number of carbonyl (C=O) groups is 1. The minimum absolute atomic E-state index is 0.115. The molecular weight excluding hydrogens is 292 g/mol. The molecule has 1 atom stereocenters. The molecule has 0 radical (unpaired) electrons. The maximum Gasteiger partial charge on any atom is 0.238 e. The second kappa shape index (κ2) is 6.63. The summed E-state index contributed by atoms with van der Waals surface area (Å²) in [5, 5.41) is 16.0. The van der Waals surface area contributed by atoms with Crippen LogP contribution in [0.1, 0.15) is 35.9 Å². The zero-order valence-corrected chi connectivity index (χ0v) is 13.0. The van der Waals surface area contributed by atoms with Gasteiger partial charge in [-0.3, -0.25) is 9.69 Å². The number of nitrogens with one attached hydrogen (secondary N) is 1. The smallest absolute Gasteiger partial charge is 0.238 e. The van der Waals surface area contributed by atoms with Gasteiger partial charge in [-0.2, -0.15) is 5.26 Å². The fourth-order valence-corrected chi connectivity index (χ4v) is 2.96. The fraction of sp³-hybridized carbons (Fsp3) is 0.353. The Hall–Kier alpha value is -2.65. The number of nitriles is 1. The Balaban J connectivity index is 1.66. The van der Waals surface area contributed by atoms with Gasteiger partial charge < -0.3 is 9.84 Å². The molecule has 2 aromatic rings. The van der Waals surface area contributed by atoms with E-state index in [4.69, 9.17) is 9.78 Å². The third-order valence-electron chi connectivity index (χ3n) is 4.02. The second-order valence-electron chi connectivity index (χ2n) is 5.70. The standard InChI is InChI=1S/C17H18N4O2/c1-12-9-15(20-23-12)16-7-4-8-21(16)11-17(22)19-14-6-3-2-5-13(14)10-18/h2-3,5-6,9,16H,4,7-8,11H2,1H3,(H,19,22). The van der Waals surface area contributed by atoms with Crippen LogP contribution in [0.2, 0.25) is 0 Å². The van der Waals surface area contributed by atoms with Crippen LogP contribution in [0, 0.1) is 18.3 Å². The maximum atomic E-state index is 12.3. The van der Waals surface area contributed by atoms with Crippen molar-refractivity contribution in [3.8, 4) is 6.07 Å². The van der Waals surface area contributed by atoms with E-state index < -0.39 is 0 Å². The molecule has 1 aromatic carbocycles. The molecular formula is C17H18N4O2. The summed E-state index contributed by atoms with van der Waals surface area (Å²) in [6.45, 7) is 2.99. The number of carbonyl (C=O) groups excluding carboxylic acids is 1. The molecule has 3 rings (SSSR count). The number of nitrogens with zero attached hydrogens (tertiary/aromatic N) is 3. The number of hydrogen-bond donors (Lipinski definition) is 1. The number of hydrogen-bond acceptors (Lipinski definition) is 5. The molecule has 1 aliphatic rings. The van der Waals surface area contributed by atoms with Crippen molar-refractivity contribution in [1.29, 1.82) is 5.26 Å². The van der Waals surface area contributed by atoms with E-state index in [0.717, 1.165) is 30.8 Å². The van der Waals surface area contributed by atoms with Crippen LogP contribution in [-0.2, 0) is 4.79 Å². The predicted octanol–water partition coefficient (Wildman–Crippen LogP) is 2.63. The van der Waals surface area contributed by atoms with Gasteiger partial charge in [0.15, 0.2) is 0 Å². The first kappa shape index (κ1) is 15.3. The molecule has 6 heteroatoms. The normalized spacial score (nSPS) is 17.8.